The van der Waals surface area contributed by atoms with Crippen LogP contribution in [0.4, 0.5) is 5.00 Å². The van der Waals surface area contributed by atoms with Gasteiger partial charge in [-0.1, -0.05) is 18.5 Å². The molecule has 0 aliphatic heterocycles. The quantitative estimate of drug-likeness (QED) is 0.833. The SMILES string of the molecule is CC1CCc2sc(NC(=O)COc3ccc(Cl)cc3)c(C(N)=O)c2C1. The number of fused-ring (bicyclic) bond motifs is 1. The molecule has 5 nitrogen and oxygen atoms in total. The molecule has 1 aromatic carbocycles. The number of benzene rings is 1. The molecule has 0 fully saturated rings. The van der Waals surface area contributed by atoms with Gasteiger partial charge in [0.15, 0.2) is 6.61 Å². The first-order chi connectivity index (χ1) is 11.9. The summed E-state index contributed by atoms with van der Waals surface area (Å²) in [5.41, 5.74) is 7.00. The van der Waals surface area contributed by atoms with Gasteiger partial charge in [0.25, 0.3) is 11.8 Å². The molecule has 25 heavy (non-hydrogen) atoms. The van der Waals surface area contributed by atoms with Crippen molar-refractivity contribution in [3.05, 3.63) is 45.3 Å². The van der Waals surface area contributed by atoms with E-state index in [1.165, 1.54) is 11.3 Å². The summed E-state index contributed by atoms with van der Waals surface area (Å²) in [7, 11) is 0. The zero-order valence-corrected chi connectivity index (χ0v) is 15.4. The maximum Gasteiger partial charge on any atom is 0.262 e. The van der Waals surface area contributed by atoms with Gasteiger partial charge in [-0.3, -0.25) is 9.59 Å². The van der Waals surface area contributed by atoms with E-state index >= 15 is 0 Å². The molecule has 1 aliphatic carbocycles. The van der Waals surface area contributed by atoms with E-state index < -0.39 is 5.91 Å². The molecule has 3 N–H and O–H groups in total. The molecule has 2 aromatic rings. The predicted molar refractivity (Wildman–Crippen MR) is 99.6 cm³/mol. The first-order valence-electron chi connectivity index (χ1n) is 8.06. The van der Waals surface area contributed by atoms with Gasteiger partial charge >= 0.3 is 0 Å². The van der Waals surface area contributed by atoms with Crippen LogP contribution in [0.25, 0.3) is 0 Å². The Bertz CT molecular complexity index is 801. The van der Waals surface area contributed by atoms with Crippen molar-refractivity contribution < 1.29 is 14.3 Å². The van der Waals surface area contributed by atoms with Gasteiger partial charge in [-0.15, -0.1) is 11.3 Å². The number of halogens is 1. The summed E-state index contributed by atoms with van der Waals surface area (Å²) in [5, 5.41) is 3.90. The number of thiophene rings is 1. The highest BCUT2D eigenvalue weighted by molar-refractivity contribution is 7.17. The van der Waals surface area contributed by atoms with Crippen molar-refractivity contribution in [1.82, 2.24) is 0 Å². The minimum Gasteiger partial charge on any atom is -0.484 e. The topological polar surface area (TPSA) is 81.4 Å². The summed E-state index contributed by atoms with van der Waals surface area (Å²) in [4.78, 5) is 25.2. The third-order valence-electron chi connectivity index (χ3n) is 4.19. The minimum atomic E-state index is -0.500. The van der Waals surface area contributed by atoms with Gasteiger partial charge in [0.05, 0.1) is 5.56 Å². The van der Waals surface area contributed by atoms with E-state index in [-0.39, 0.29) is 12.5 Å². The molecule has 2 amide bonds. The van der Waals surface area contributed by atoms with Crippen molar-refractivity contribution >= 4 is 39.8 Å². The highest BCUT2D eigenvalue weighted by Crippen LogP contribution is 2.39. The highest BCUT2D eigenvalue weighted by Gasteiger charge is 2.27. The highest BCUT2D eigenvalue weighted by atomic mass is 35.5. The molecular weight excluding hydrogens is 360 g/mol. The van der Waals surface area contributed by atoms with Crippen LogP contribution in [0.15, 0.2) is 24.3 Å². The fraction of sp³-hybridized carbons (Fsp3) is 0.333. The van der Waals surface area contributed by atoms with Gasteiger partial charge in [-0.05, 0) is 55.0 Å². The maximum atomic E-state index is 12.2. The molecule has 7 heteroatoms. The fourth-order valence-electron chi connectivity index (χ4n) is 2.95. The zero-order valence-electron chi connectivity index (χ0n) is 13.8. The number of amides is 2. The van der Waals surface area contributed by atoms with Crippen LogP contribution < -0.4 is 15.8 Å². The number of carbonyl (C=O) groups is 2. The Morgan fingerprint density at radius 1 is 1.36 bits per heavy atom. The van der Waals surface area contributed by atoms with Crippen LogP contribution in [0.3, 0.4) is 0 Å². The fourth-order valence-corrected chi connectivity index (χ4v) is 4.34. The number of rotatable bonds is 5. The number of ether oxygens (including phenoxy) is 1. The van der Waals surface area contributed by atoms with Crippen LogP contribution in [0.1, 0.15) is 34.1 Å². The van der Waals surface area contributed by atoms with Gasteiger partial charge in [0.1, 0.15) is 10.8 Å². The molecule has 0 spiro atoms. The second-order valence-corrected chi connectivity index (χ2v) is 7.75. The van der Waals surface area contributed by atoms with Crippen LogP contribution in [-0.2, 0) is 17.6 Å². The minimum absolute atomic E-state index is 0.154. The first kappa shape index (κ1) is 17.8. The van der Waals surface area contributed by atoms with E-state index in [4.69, 9.17) is 22.1 Å². The van der Waals surface area contributed by atoms with Gasteiger partial charge in [-0.25, -0.2) is 0 Å². The van der Waals surface area contributed by atoms with Crippen LogP contribution in [-0.4, -0.2) is 18.4 Å². The van der Waals surface area contributed by atoms with Crippen molar-refractivity contribution in [2.45, 2.75) is 26.2 Å². The molecule has 1 atom stereocenters. The smallest absolute Gasteiger partial charge is 0.262 e. The Balaban J connectivity index is 1.70. The summed E-state index contributed by atoms with van der Waals surface area (Å²) in [5.74, 6) is 0.232. The molecule has 1 aromatic heterocycles. The summed E-state index contributed by atoms with van der Waals surface area (Å²) in [6.07, 6.45) is 2.82. The Morgan fingerprint density at radius 3 is 2.76 bits per heavy atom. The van der Waals surface area contributed by atoms with Crippen molar-refractivity contribution in [3.63, 3.8) is 0 Å². The average molecular weight is 379 g/mol. The number of carbonyl (C=O) groups excluding carboxylic acids is 2. The average Bonchev–Trinajstić information content (AvgIpc) is 2.91. The lowest BCUT2D eigenvalue weighted by atomic mass is 9.87. The summed E-state index contributed by atoms with van der Waals surface area (Å²) >= 11 is 7.25. The van der Waals surface area contributed by atoms with Crippen LogP contribution in [0.5, 0.6) is 5.75 Å². The third kappa shape index (κ3) is 4.14. The Kier molecular flexibility index (Phi) is 5.30. The zero-order chi connectivity index (χ0) is 18.0. The summed E-state index contributed by atoms with van der Waals surface area (Å²) in [6, 6.07) is 6.76. The number of nitrogens with one attached hydrogen (secondary N) is 1. The van der Waals surface area contributed by atoms with E-state index in [0.29, 0.717) is 27.3 Å². The molecular formula is C18H19ClN2O3S. The Hall–Kier alpha value is -2.05. The van der Waals surface area contributed by atoms with Crippen LogP contribution in [0.2, 0.25) is 5.02 Å². The normalized spacial score (nSPS) is 16.2. The Labute approximate surface area is 155 Å². The largest absolute Gasteiger partial charge is 0.484 e. The molecule has 0 radical (unpaired) electrons. The number of nitrogens with two attached hydrogens (primary N) is 1. The van der Waals surface area contributed by atoms with Crippen molar-refractivity contribution in [2.75, 3.05) is 11.9 Å². The predicted octanol–water partition coefficient (Wildman–Crippen LogP) is 3.64. The number of anilines is 1. The summed E-state index contributed by atoms with van der Waals surface area (Å²) < 4.78 is 5.43. The van der Waals surface area contributed by atoms with Gasteiger partial charge in [0.2, 0.25) is 0 Å². The molecule has 132 valence electrons. The van der Waals surface area contributed by atoms with Crippen molar-refractivity contribution in [1.29, 1.82) is 0 Å². The Morgan fingerprint density at radius 2 is 2.08 bits per heavy atom. The van der Waals surface area contributed by atoms with E-state index in [2.05, 4.69) is 12.2 Å². The maximum absolute atomic E-state index is 12.2. The van der Waals surface area contributed by atoms with Crippen LogP contribution in [0, 0.1) is 5.92 Å². The molecule has 0 bridgehead atoms. The van der Waals surface area contributed by atoms with Crippen molar-refractivity contribution in [2.24, 2.45) is 11.7 Å². The van der Waals surface area contributed by atoms with E-state index in [9.17, 15) is 9.59 Å². The molecule has 0 saturated heterocycles. The molecule has 1 unspecified atom stereocenters. The van der Waals surface area contributed by atoms with E-state index in [1.54, 1.807) is 24.3 Å². The van der Waals surface area contributed by atoms with Crippen molar-refractivity contribution in [3.8, 4) is 5.75 Å². The van der Waals surface area contributed by atoms with E-state index in [1.807, 2.05) is 0 Å². The van der Waals surface area contributed by atoms with Gasteiger partial charge in [-0.2, -0.15) is 0 Å². The third-order valence-corrected chi connectivity index (χ3v) is 5.65. The van der Waals surface area contributed by atoms with Crippen LogP contribution >= 0.6 is 22.9 Å². The molecule has 3 rings (SSSR count). The molecule has 1 aliphatic rings. The second-order valence-electron chi connectivity index (χ2n) is 6.21. The number of primary amides is 1. The lowest BCUT2D eigenvalue weighted by molar-refractivity contribution is -0.118. The van der Waals surface area contributed by atoms with Gasteiger partial charge < -0.3 is 15.8 Å². The molecule has 1 heterocycles. The van der Waals surface area contributed by atoms with E-state index in [0.717, 1.165) is 29.7 Å². The number of hydrogen-bond donors (Lipinski definition) is 2. The standard InChI is InChI=1S/C18H19ClN2O3S/c1-10-2-7-14-13(8-10)16(17(20)23)18(25-14)21-15(22)9-24-12-5-3-11(19)4-6-12/h3-6,10H,2,7-9H2,1H3,(H2,20,23)(H,21,22). The first-order valence-corrected chi connectivity index (χ1v) is 9.26. The lowest BCUT2D eigenvalue weighted by Crippen LogP contribution is -2.23. The summed E-state index contributed by atoms with van der Waals surface area (Å²) in [6.45, 7) is 2.00. The monoisotopic (exact) mass is 378 g/mol. The molecule has 0 saturated carbocycles. The van der Waals surface area contributed by atoms with Gasteiger partial charge in [0, 0.05) is 9.90 Å². The second kappa shape index (κ2) is 7.45. The number of aryl methyl sites for hydroxylation is 1. The lowest BCUT2D eigenvalue weighted by Gasteiger charge is -2.18. The number of hydrogen-bond acceptors (Lipinski definition) is 4.